The minimum Gasteiger partial charge on any atom is -0.488 e. The molecule has 3 heteroatoms. The lowest BCUT2D eigenvalue weighted by molar-refractivity contribution is 0.347. The molecule has 0 fully saturated rings. The van der Waals surface area contributed by atoms with Crippen LogP contribution in [-0.4, -0.2) is 20.2 Å². The zero-order valence-electron chi connectivity index (χ0n) is 8.22. The van der Waals surface area contributed by atoms with Crippen molar-refractivity contribution in [1.82, 2.24) is 5.32 Å². The van der Waals surface area contributed by atoms with E-state index in [9.17, 15) is 0 Å². The molecule has 0 spiro atoms. The minimum atomic E-state index is 0.545. The molecule has 14 heavy (non-hydrogen) atoms. The maximum Gasteiger partial charge on any atom is 0.133 e. The highest BCUT2D eigenvalue weighted by Gasteiger charge is 1.99. The molecule has 0 amide bonds. The summed E-state index contributed by atoms with van der Waals surface area (Å²) in [5, 5.41) is 3.03. The van der Waals surface area contributed by atoms with E-state index in [1.54, 1.807) is 0 Å². The van der Waals surface area contributed by atoms with Crippen molar-refractivity contribution in [3.8, 4) is 5.75 Å². The van der Waals surface area contributed by atoms with Crippen molar-refractivity contribution in [1.29, 1.82) is 0 Å². The Morgan fingerprint density at radius 1 is 1.50 bits per heavy atom. The molecule has 0 radical (unpaired) electrons. The topological polar surface area (TPSA) is 21.3 Å². The third-order valence-corrected chi connectivity index (χ3v) is 2.35. The molecule has 0 unspecified atom stereocenters. The summed E-state index contributed by atoms with van der Waals surface area (Å²) in [6.07, 6.45) is 0. The Morgan fingerprint density at radius 2 is 2.21 bits per heavy atom. The summed E-state index contributed by atoms with van der Waals surface area (Å²) >= 11 is 3.42. The molecule has 0 saturated carbocycles. The number of ether oxygens (including phenoxy) is 1. The van der Waals surface area contributed by atoms with Gasteiger partial charge in [-0.15, -0.1) is 0 Å². The number of benzene rings is 1. The van der Waals surface area contributed by atoms with Crippen LogP contribution in [0.25, 0.3) is 0 Å². The zero-order valence-corrected chi connectivity index (χ0v) is 9.80. The third kappa shape index (κ3) is 3.52. The Bertz CT molecular complexity index is 312. The smallest absolute Gasteiger partial charge is 0.133 e. The lowest BCUT2D eigenvalue weighted by Crippen LogP contribution is -2.14. The highest BCUT2D eigenvalue weighted by molar-refractivity contribution is 9.10. The van der Waals surface area contributed by atoms with E-state index in [1.807, 2.05) is 31.3 Å². The number of nitrogens with one attached hydrogen (secondary N) is 1. The summed E-state index contributed by atoms with van der Waals surface area (Å²) in [6.45, 7) is 5.21. The molecule has 0 heterocycles. The van der Waals surface area contributed by atoms with Gasteiger partial charge in [0.25, 0.3) is 0 Å². The summed E-state index contributed by atoms with van der Waals surface area (Å²) in [5.41, 5.74) is 1.03. The molecule has 76 valence electrons. The number of para-hydroxylation sites is 1. The molecule has 0 atom stereocenters. The Hall–Kier alpha value is -0.800. The van der Waals surface area contributed by atoms with Crippen molar-refractivity contribution in [2.45, 2.75) is 0 Å². The largest absolute Gasteiger partial charge is 0.488 e. The second-order valence-corrected chi connectivity index (χ2v) is 3.85. The fraction of sp³-hybridized carbons (Fsp3) is 0.273. The van der Waals surface area contributed by atoms with Crippen LogP contribution in [-0.2, 0) is 0 Å². The number of rotatable bonds is 5. The summed E-state index contributed by atoms with van der Waals surface area (Å²) in [4.78, 5) is 0. The minimum absolute atomic E-state index is 0.545. The standard InChI is InChI=1S/C11H14BrNO/c1-9(7-13-2)8-14-11-6-4-3-5-10(11)12/h3-6,13H,1,7-8H2,2H3. The molecule has 1 rings (SSSR count). The van der Waals surface area contributed by atoms with Crippen LogP contribution in [0.5, 0.6) is 5.75 Å². The van der Waals surface area contributed by atoms with E-state index in [2.05, 4.69) is 27.8 Å². The Morgan fingerprint density at radius 3 is 2.86 bits per heavy atom. The van der Waals surface area contributed by atoms with Crippen LogP contribution in [0.2, 0.25) is 0 Å². The van der Waals surface area contributed by atoms with Gasteiger partial charge < -0.3 is 10.1 Å². The van der Waals surface area contributed by atoms with Crippen molar-refractivity contribution in [3.05, 3.63) is 40.9 Å². The normalized spacial score (nSPS) is 9.86. The van der Waals surface area contributed by atoms with E-state index >= 15 is 0 Å². The molecule has 1 aromatic carbocycles. The second kappa shape index (κ2) is 5.83. The Kier molecular flexibility index (Phi) is 4.70. The van der Waals surface area contributed by atoms with E-state index in [0.717, 1.165) is 22.3 Å². The SMILES string of the molecule is C=C(CNC)COc1ccccc1Br. The Labute approximate surface area is 93.1 Å². The number of hydrogen-bond donors (Lipinski definition) is 1. The Balaban J connectivity index is 2.46. The van der Waals surface area contributed by atoms with Crippen molar-refractivity contribution in [2.75, 3.05) is 20.2 Å². The summed E-state index contributed by atoms with van der Waals surface area (Å²) in [5.74, 6) is 0.852. The number of halogens is 1. The molecular formula is C11H14BrNO. The summed E-state index contributed by atoms with van der Waals surface area (Å²) in [7, 11) is 1.89. The number of likely N-dealkylation sites (N-methyl/N-ethyl adjacent to an activating group) is 1. The second-order valence-electron chi connectivity index (χ2n) is 3.00. The maximum atomic E-state index is 5.56. The highest BCUT2D eigenvalue weighted by Crippen LogP contribution is 2.23. The molecule has 0 bridgehead atoms. The number of hydrogen-bond acceptors (Lipinski definition) is 2. The fourth-order valence-corrected chi connectivity index (χ4v) is 1.44. The van der Waals surface area contributed by atoms with Crippen LogP contribution in [0.15, 0.2) is 40.9 Å². The first-order chi connectivity index (χ1) is 6.74. The van der Waals surface area contributed by atoms with Crippen LogP contribution >= 0.6 is 15.9 Å². The van der Waals surface area contributed by atoms with Crippen LogP contribution in [0.4, 0.5) is 0 Å². The first kappa shape index (κ1) is 11.3. The van der Waals surface area contributed by atoms with E-state index in [4.69, 9.17) is 4.74 Å². The highest BCUT2D eigenvalue weighted by atomic mass is 79.9. The van der Waals surface area contributed by atoms with Gasteiger partial charge in [0, 0.05) is 6.54 Å². The average Bonchev–Trinajstić information content (AvgIpc) is 2.17. The quantitative estimate of drug-likeness (QED) is 0.817. The molecule has 0 aliphatic rings. The van der Waals surface area contributed by atoms with Gasteiger partial charge in [0.2, 0.25) is 0 Å². The zero-order chi connectivity index (χ0) is 10.4. The molecule has 0 saturated heterocycles. The molecule has 1 N–H and O–H groups in total. The average molecular weight is 256 g/mol. The van der Waals surface area contributed by atoms with Crippen LogP contribution in [0, 0.1) is 0 Å². The van der Waals surface area contributed by atoms with E-state index in [-0.39, 0.29) is 0 Å². The first-order valence-corrected chi connectivity index (χ1v) is 5.22. The first-order valence-electron chi connectivity index (χ1n) is 4.42. The van der Waals surface area contributed by atoms with Crippen molar-refractivity contribution in [2.24, 2.45) is 0 Å². The fourth-order valence-electron chi connectivity index (χ4n) is 1.04. The third-order valence-electron chi connectivity index (χ3n) is 1.70. The lowest BCUT2D eigenvalue weighted by atomic mass is 10.3. The summed E-state index contributed by atoms with van der Waals surface area (Å²) in [6, 6.07) is 7.78. The van der Waals surface area contributed by atoms with Crippen molar-refractivity contribution >= 4 is 15.9 Å². The van der Waals surface area contributed by atoms with Crippen LogP contribution < -0.4 is 10.1 Å². The van der Waals surface area contributed by atoms with E-state index in [0.29, 0.717) is 6.61 Å². The van der Waals surface area contributed by atoms with Gasteiger partial charge in [-0.1, -0.05) is 18.7 Å². The van der Waals surface area contributed by atoms with E-state index < -0.39 is 0 Å². The van der Waals surface area contributed by atoms with Gasteiger partial charge in [-0.25, -0.2) is 0 Å². The molecule has 0 aliphatic heterocycles. The summed E-state index contributed by atoms with van der Waals surface area (Å²) < 4.78 is 6.53. The van der Waals surface area contributed by atoms with Gasteiger partial charge in [-0.3, -0.25) is 0 Å². The lowest BCUT2D eigenvalue weighted by Gasteiger charge is -2.09. The van der Waals surface area contributed by atoms with Crippen molar-refractivity contribution in [3.63, 3.8) is 0 Å². The van der Waals surface area contributed by atoms with Crippen LogP contribution in [0.1, 0.15) is 0 Å². The molecule has 0 aromatic heterocycles. The van der Waals surface area contributed by atoms with Gasteiger partial charge in [0.1, 0.15) is 12.4 Å². The predicted molar refractivity (Wildman–Crippen MR) is 62.7 cm³/mol. The molecular weight excluding hydrogens is 242 g/mol. The van der Waals surface area contributed by atoms with E-state index in [1.165, 1.54) is 0 Å². The molecule has 2 nitrogen and oxygen atoms in total. The predicted octanol–water partition coefficient (Wildman–Crippen LogP) is 2.60. The monoisotopic (exact) mass is 255 g/mol. The van der Waals surface area contributed by atoms with Gasteiger partial charge in [-0.05, 0) is 40.7 Å². The van der Waals surface area contributed by atoms with Crippen molar-refractivity contribution < 1.29 is 4.74 Å². The van der Waals surface area contributed by atoms with Gasteiger partial charge in [0.05, 0.1) is 4.47 Å². The van der Waals surface area contributed by atoms with Gasteiger partial charge in [-0.2, -0.15) is 0 Å². The molecule has 1 aromatic rings. The maximum absolute atomic E-state index is 5.56. The van der Waals surface area contributed by atoms with Crippen LogP contribution in [0.3, 0.4) is 0 Å². The molecule has 0 aliphatic carbocycles. The van der Waals surface area contributed by atoms with Gasteiger partial charge in [0.15, 0.2) is 0 Å². The van der Waals surface area contributed by atoms with Gasteiger partial charge >= 0.3 is 0 Å².